The van der Waals surface area contributed by atoms with Gasteiger partial charge in [0.05, 0.1) is 0 Å². The molecular weight excluding hydrogens is 312 g/mol. The van der Waals surface area contributed by atoms with E-state index >= 15 is 0 Å². The first kappa shape index (κ1) is 17.4. The molecule has 0 aliphatic heterocycles. The number of hydrogen-bond donors (Lipinski definition) is 1. The summed E-state index contributed by atoms with van der Waals surface area (Å²) in [7, 11) is 1.99. The average molecular weight is 336 g/mol. The molecule has 0 aliphatic carbocycles. The maximum absolute atomic E-state index is 10.3. The molecule has 1 heterocycles. The summed E-state index contributed by atoms with van der Waals surface area (Å²) >= 11 is 0. The van der Waals surface area contributed by atoms with Gasteiger partial charge in [-0.1, -0.05) is 36.4 Å². The van der Waals surface area contributed by atoms with Crippen molar-refractivity contribution in [1.82, 2.24) is 9.88 Å². The molecule has 0 spiro atoms. The molecule has 0 amide bonds. The van der Waals surface area contributed by atoms with Crippen LogP contribution in [-0.4, -0.2) is 41.3 Å². The minimum atomic E-state index is -0.555. The molecule has 1 atom stereocenters. The number of likely N-dealkylation sites (N-methyl/N-ethyl adjacent to an activating group) is 1. The van der Waals surface area contributed by atoms with Crippen molar-refractivity contribution in [3.8, 4) is 5.75 Å². The zero-order chi connectivity index (χ0) is 17.6. The first-order valence-electron chi connectivity index (χ1n) is 8.50. The second-order valence-electron chi connectivity index (χ2n) is 6.44. The highest BCUT2D eigenvalue weighted by atomic mass is 16.5. The van der Waals surface area contributed by atoms with Crippen LogP contribution >= 0.6 is 0 Å². The fourth-order valence-corrected chi connectivity index (χ4v) is 2.94. The molecule has 130 valence electrons. The van der Waals surface area contributed by atoms with Crippen LogP contribution in [0.2, 0.25) is 0 Å². The van der Waals surface area contributed by atoms with Crippen molar-refractivity contribution < 1.29 is 9.84 Å². The predicted octanol–water partition coefficient (Wildman–Crippen LogP) is 3.41. The normalized spacial score (nSPS) is 12.5. The topological polar surface area (TPSA) is 45.6 Å². The zero-order valence-electron chi connectivity index (χ0n) is 14.7. The minimum absolute atomic E-state index is 0.268. The number of aryl methyl sites for hydroxylation is 1. The van der Waals surface area contributed by atoms with Crippen molar-refractivity contribution in [2.24, 2.45) is 0 Å². The quantitative estimate of drug-likeness (QED) is 0.718. The Kier molecular flexibility index (Phi) is 5.64. The maximum Gasteiger partial charge on any atom is 0.127 e. The number of pyridine rings is 1. The Hall–Kier alpha value is -2.43. The van der Waals surface area contributed by atoms with Crippen LogP contribution in [0.5, 0.6) is 5.75 Å². The lowest BCUT2D eigenvalue weighted by Crippen LogP contribution is -2.33. The number of aliphatic hydroxyl groups is 1. The van der Waals surface area contributed by atoms with E-state index in [9.17, 15) is 5.11 Å². The van der Waals surface area contributed by atoms with Crippen molar-refractivity contribution in [1.29, 1.82) is 0 Å². The summed E-state index contributed by atoms with van der Waals surface area (Å²) in [6.07, 6.45) is 3.12. The van der Waals surface area contributed by atoms with E-state index in [1.807, 2.05) is 49.6 Å². The Bertz CT molecular complexity index is 829. The van der Waals surface area contributed by atoms with E-state index in [1.165, 1.54) is 11.1 Å². The molecule has 3 aromatic rings. The fraction of sp³-hybridized carbons (Fsp3) is 0.286. The largest absolute Gasteiger partial charge is 0.490 e. The molecule has 1 unspecified atom stereocenters. The summed E-state index contributed by atoms with van der Waals surface area (Å²) in [5.74, 6) is 0.808. The fourth-order valence-electron chi connectivity index (χ4n) is 2.94. The van der Waals surface area contributed by atoms with Gasteiger partial charge >= 0.3 is 0 Å². The molecule has 0 fully saturated rings. The summed E-state index contributed by atoms with van der Waals surface area (Å²) < 4.78 is 5.87. The van der Waals surface area contributed by atoms with Crippen LogP contribution in [0.15, 0.2) is 60.9 Å². The molecule has 0 aliphatic rings. The van der Waals surface area contributed by atoms with Crippen LogP contribution in [0.4, 0.5) is 0 Å². The molecule has 0 bridgehead atoms. The third kappa shape index (κ3) is 4.56. The van der Waals surface area contributed by atoms with Crippen LogP contribution < -0.4 is 4.74 Å². The van der Waals surface area contributed by atoms with Crippen molar-refractivity contribution in [2.45, 2.75) is 19.6 Å². The van der Waals surface area contributed by atoms with Gasteiger partial charge in [0.1, 0.15) is 18.5 Å². The third-order valence-corrected chi connectivity index (χ3v) is 4.29. The second-order valence-corrected chi connectivity index (χ2v) is 6.44. The predicted molar refractivity (Wildman–Crippen MR) is 101 cm³/mol. The van der Waals surface area contributed by atoms with Crippen molar-refractivity contribution >= 4 is 10.8 Å². The monoisotopic (exact) mass is 336 g/mol. The van der Waals surface area contributed by atoms with Gasteiger partial charge in [0, 0.05) is 30.9 Å². The lowest BCUT2D eigenvalue weighted by atomic mass is 10.1. The first-order valence-corrected chi connectivity index (χ1v) is 8.50. The molecule has 25 heavy (non-hydrogen) atoms. The molecule has 4 heteroatoms. The minimum Gasteiger partial charge on any atom is -0.490 e. The average Bonchev–Trinajstić information content (AvgIpc) is 2.62. The number of rotatable bonds is 7. The van der Waals surface area contributed by atoms with Gasteiger partial charge in [-0.15, -0.1) is 0 Å². The van der Waals surface area contributed by atoms with Gasteiger partial charge in [-0.05, 0) is 42.6 Å². The zero-order valence-corrected chi connectivity index (χ0v) is 14.7. The molecule has 1 N–H and O–H groups in total. The van der Waals surface area contributed by atoms with Crippen LogP contribution in [0, 0.1) is 6.92 Å². The van der Waals surface area contributed by atoms with E-state index in [1.54, 1.807) is 6.20 Å². The molecule has 2 aromatic carbocycles. The van der Waals surface area contributed by atoms with Crippen LogP contribution in [0.1, 0.15) is 11.1 Å². The summed E-state index contributed by atoms with van der Waals surface area (Å²) in [5, 5.41) is 12.5. The highest BCUT2D eigenvalue weighted by molar-refractivity contribution is 5.88. The Morgan fingerprint density at radius 1 is 1.12 bits per heavy atom. The summed E-state index contributed by atoms with van der Waals surface area (Å²) in [6, 6.07) is 16.1. The standard InChI is InChI=1S/C21H24N2O2/c1-16-10-11-22-12-18(16)13-23(2)14-19(24)15-25-21-9-5-7-17-6-3-4-8-20(17)21/h3-12,19,24H,13-15H2,1-2H3. The molecule has 0 radical (unpaired) electrons. The number of nitrogens with zero attached hydrogens (tertiary/aromatic N) is 2. The van der Waals surface area contributed by atoms with Gasteiger partial charge in [0.25, 0.3) is 0 Å². The summed E-state index contributed by atoms with van der Waals surface area (Å²) in [4.78, 5) is 6.25. The summed E-state index contributed by atoms with van der Waals surface area (Å²) in [5.41, 5.74) is 2.38. The van der Waals surface area contributed by atoms with Gasteiger partial charge in [0.15, 0.2) is 0 Å². The third-order valence-electron chi connectivity index (χ3n) is 4.29. The Morgan fingerprint density at radius 2 is 1.92 bits per heavy atom. The van der Waals surface area contributed by atoms with E-state index < -0.39 is 6.10 Å². The van der Waals surface area contributed by atoms with E-state index in [0.717, 1.165) is 23.1 Å². The Morgan fingerprint density at radius 3 is 2.76 bits per heavy atom. The SMILES string of the molecule is Cc1ccncc1CN(C)CC(O)COc1cccc2ccccc12. The molecular formula is C21H24N2O2. The lowest BCUT2D eigenvalue weighted by molar-refractivity contribution is 0.0749. The van der Waals surface area contributed by atoms with E-state index in [-0.39, 0.29) is 6.61 Å². The molecule has 4 nitrogen and oxygen atoms in total. The lowest BCUT2D eigenvalue weighted by Gasteiger charge is -2.21. The van der Waals surface area contributed by atoms with Crippen molar-refractivity contribution in [3.05, 3.63) is 72.1 Å². The van der Waals surface area contributed by atoms with E-state index in [4.69, 9.17) is 4.74 Å². The van der Waals surface area contributed by atoms with E-state index in [0.29, 0.717) is 6.54 Å². The van der Waals surface area contributed by atoms with Crippen LogP contribution in [0.3, 0.4) is 0 Å². The maximum atomic E-state index is 10.3. The van der Waals surface area contributed by atoms with Crippen molar-refractivity contribution in [2.75, 3.05) is 20.2 Å². The highest BCUT2D eigenvalue weighted by Gasteiger charge is 2.11. The van der Waals surface area contributed by atoms with Crippen LogP contribution in [-0.2, 0) is 6.54 Å². The number of fused-ring (bicyclic) bond motifs is 1. The van der Waals surface area contributed by atoms with Crippen molar-refractivity contribution in [3.63, 3.8) is 0 Å². The number of aliphatic hydroxyl groups excluding tert-OH is 1. The molecule has 1 aromatic heterocycles. The van der Waals surface area contributed by atoms with Gasteiger partial charge < -0.3 is 9.84 Å². The smallest absolute Gasteiger partial charge is 0.127 e. The number of benzene rings is 2. The second kappa shape index (κ2) is 8.10. The van der Waals surface area contributed by atoms with Gasteiger partial charge in [-0.3, -0.25) is 9.88 Å². The molecule has 0 saturated carbocycles. The first-order chi connectivity index (χ1) is 12.1. The van der Waals surface area contributed by atoms with E-state index in [2.05, 4.69) is 28.9 Å². The van der Waals surface area contributed by atoms with Gasteiger partial charge in [-0.25, -0.2) is 0 Å². The number of aromatic nitrogens is 1. The van der Waals surface area contributed by atoms with Gasteiger partial charge in [0.2, 0.25) is 0 Å². The Balaban J connectivity index is 1.55. The van der Waals surface area contributed by atoms with Gasteiger partial charge in [-0.2, -0.15) is 0 Å². The molecule has 0 saturated heterocycles. The summed E-state index contributed by atoms with van der Waals surface area (Å²) in [6.45, 7) is 3.64. The highest BCUT2D eigenvalue weighted by Crippen LogP contribution is 2.25. The Labute approximate surface area is 148 Å². The number of ether oxygens (including phenoxy) is 1. The van der Waals surface area contributed by atoms with Crippen LogP contribution in [0.25, 0.3) is 10.8 Å². The number of hydrogen-bond acceptors (Lipinski definition) is 4. The molecule has 3 rings (SSSR count).